The second-order valence-corrected chi connectivity index (χ2v) is 11.6. The van der Waals surface area contributed by atoms with Crippen molar-refractivity contribution in [3.05, 3.63) is 41.4 Å². The average molecular weight is 552 g/mol. The average Bonchev–Trinajstić information content (AvgIpc) is 3.25. The number of sulfonamides is 1. The fraction of sp³-hybridized carbons (Fsp3) is 0.364. The van der Waals surface area contributed by atoms with Gasteiger partial charge in [-0.1, -0.05) is 11.6 Å². The number of ether oxygens (including phenoxy) is 1. The predicted molar refractivity (Wildman–Crippen MR) is 143 cm³/mol. The highest BCUT2D eigenvalue weighted by Crippen LogP contribution is 2.37. The normalized spacial score (nSPS) is 12.6. The van der Waals surface area contributed by atoms with Crippen LogP contribution in [0.15, 0.2) is 30.6 Å². The second kappa shape index (κ2) is 10.9. The van der Waals surface area contributed by atoms with Gasteiger partial charge in [-0.05, 0) is 39.0 Å². The van der Waals surface area contributed by atoms with Crippen LogP contribution in [-0.4, -0.2) is 68.1 Å². The minimum Gasteiger partial charge on any atom is -0.453 e. The van der Waals surface area contributed by atoms with Crippen molar-refractivity contribution in [2.24, 2.45) is 0 Å². The molecule has 0 bridgehead atoms. The topological polar surface area (TPSA) is 140 Å². The molecule has 0 spiro atoms. The molecule has 2 aromatic heterocycles. The van der Waals surface area contributed by atoms with Crippen LogP contribution in [0, 0.1) is 5.82 Å². The predicted octanol–water partition coefficient (Wildman–Crippen LogP) is 2.65. The number of carbonyl (C=O) groups excluding carboxylic acids is 1. The van der Waals surface area contributed by atoms with E-state index < -0.39 is 27.4 Å². The summed E-state index contributed by atoms with van der Waals surface area (Å²) in [5.74, 6) is -0.554. The number of carbonyl (C=O) groups is 1. The van der Waals surface area contributed by atoms with E-state index in [1.54, 1.807) is 23.9 Å². The number of rotatable bonds is 9. The molecule has 0 aliphatic heterocycles. The van der Waals surface area contributed by atoms with Gasteiger partial charge in [-0.2, -0.15) is 5.10 Å². The van der Waals surface area contributed by atoms with Crippen LogP contribution in [0.25, 0.3) is 22.5 Å². The van der Waals surface area contributed by atoms with Gasteiger partial charge in [-0.15, -0.1) is 0 Å². The molecule has 198 valence electrons. The number of alkyl carbamates (subject to hydrolysis) is 1. The number of halogens is 2. The van der Waals surface area contributed by atoms with Gasteiger partial charge in [0, 0.05) is 46.6 Å². The summed E-state index contributed by atoms with van der Waals surface area (Å²) in [5.41, 5.74) is 0.385. The molecule has 1 atom stereocenters. The molecule has 1 aromatic carbocycles. The van der Waals surface area contributed by atoms with Crippen molar-refractivity contribution >= 4 is 47.2 Å². The van der Waals surface area contributed by atoms with Gasteiger partial charge in [0.15, 0.2) is 5.82 Å². The maximum Gasteiger partial charge on any atom is 0.407 e. The maximum absolute atomic E-state index is 15.6. The zero-order valence-electron chi connectivity index (χ0n) is 21.3. The Balaban J connectivity index is 2.07. The summed E-state index contributed by atoms with van der Waals surface area (Å²) in [7, 11) is -0.552. The fourth-order valence-corrected chi connectivity index (χ4v) is 4.06. The van der Waals surface area contributed by atoms with Crippen molar-refractivity contribution in [2.45, 2.75) is 32.3 Å². The Bertz CT molecular complexity index is 1410. The Labute approximate surface area is 220 Å². The summed E-state index contributed by atoms with van der Waals surface area (Å²) in [5, 5.41) is 10.4. The molecular formula is C22H28BClFN7O4S. The van der Waals surface area contributed by atoms with Crippen LogP contribution >= 0.6 is 11.6 Å². The van der Waals surface area contributed by atoms with E-state index in [9.17, 15) is 13.2 Å². The van der Waals surface area contributed by atoms with E-state index >= 15 is 4.39 Å². The molecular weight excluding hydrogens is 524 g/mol. The van der Waals surface area contributed by atoms with E-state index in [4.69, 9.17) is 11.6 Å². The number of nitrogens with one attached hydrogen (secondary N) is 3. The highest BCUT2D eigenvalue weighted by molar-refractivity contribution is 7.92. The van der Waals surface area contributed by atoms with E-state index in [1.165, 1.54) is 25.4 Å². The third-order valence-electron chi connectivity index (χ3n) is 5.04. The van der Waals surface area contributed by atoms with Gasteiger partial charge in [0.25, 0.3) is 0 Å². The molecule has 0 saturated carbocycles. The van der Waals surface area contributed by atoms with Crippen molar-refractivity contribution < 1.29 is 22.3 Å². The standard InChI is InChI=1S/C22H28BClFN7O4S/c1-12(28-21(33)36-4)10-27-20-26-7-6-16(29-20)15-11-32(22(2,3)23)30-19(15)14-8-13(24)9-17(18(14)25)31-37(5,34)35/h6-9,11-12,31H,10,23H2,1-5H3,(H,28,33)(H,26,27,29)/t12-/m0/s1. The SMILES string of the molecule is BC(C)(C)n1cc(-c2ccnc(NC[C@H](C)NC(=O)OC)n2)c(-c2cc(Cl)cc(NS(C)(=O)=O)c2F)n1. The lowest BCUT2D eigenvalue weighted by atomic mass is 9.82. The smallest absolute Gasteiger partial charge is 0.407 e. The molecule has 0 aliphatic rings. The maximum atomic E-state index is 15.6. The summed E-state index contributed by atoms with van der Waals surface area (Å²) < 4.78 is 47.5. The zero-order chi connectivity index (χ0) is 27.5. The van der Waals surface area contributed by atoms with Crippen molar-refractivity contribution in [3.63, 3.8) is 0 Å². The van der Waals surface area contributed by atoms with Crippen molar-refractivity contribution in [1.29, 1.82) is 0 Å². The molecule has 0 fully saturated rings. The van der Waals surface area contributed by atoms with Gasteiger partial charge in [0.1, 0.15) is 13.5 Å². The molecule has 0 unspecified atom stereocenters. The lowest BCUT2D eigenvalue weighted by Gasteiger charge is -2.19. The third kappa shape index (κ3) is 7.32. The van der Waals surface area contributed by atoms with Gasteiger partial charge >= 0.3 is 6.09 Å². The third-order valence-corrected chi connectivity index (χ3v) is 5.85. The van der Waals surface area contributed by atoms with Gasteiger partial charge in [-0.3, -0.25) is 9.40 Å². The molecule has 15 heteroatoms. The first kappa shape index (κ1) is 28.2. The van der Waals surface area contributed by atoms with Crippen LogP contribution in [0.3, 0.4) is 0 Å². The van der Waals surface area contributed by atoms with Gasteiger partial charge in [-0.25, -0.2) is 27.6 Å². The Hall–Kier alpha value is -3.39. The van der Waals surface area contributed by atoms with Crippen LogP contribution < -0.4 is 15.4 Å². The lowest BCUT2D eigenvalue weighted by molar-refractivity contribution is 0.168. The molecule has 0 saturated heterocycles. The van der Waals surface area contributed by atoms with E-state index in [1.807, 2.05) is 21.7 Å². The summed E-state index contributed by atoms with van der Waals surface area (Å²) in [6.45, 7) is 5.96. The van der Waals surface area contributed by atoms with Gasteiger partial charge in [0.05, 0.1) is 24.7 Å². The Morgan fingerprint density at radius 3 is 2.65 bits per heavy atom. The summed E-state index contributed by atoms with van der Waals surface area (Å²) in [6, 6.07) is 3.94. The van der Waals surface area contributed by atoms with Gasteiger partial charge in [0.2, 0.25) is 16.0 Å². The van der Waals surface area contributed by atoms with Crippen LogP contribution in [0.5, 0.6) is 0 Å². The number of amides is 1. The molecule has 3 rings (SSSR count). The number of hydrogen-bond donors (Lipinski definition) is 3. The number of anilines is 2. The Kier molecular flexibility index (Phi) is 8.33. The first-order valence-electron chi connectivity index (χ1n) is 11.2. The molecule has 3 aromatic rings. The molecule has 0 radical (unpaired) electrons. The highest BCUT2D eigenvalue weighted by atomic mass is 35.5. The van der Waals surface area contributed by atoms with Crippen LogP contribution in [0.4, 0.5) is 20.8 Å². The molecule has 3 N–H and O–H groups in total. The number of benzene rings is 1. The van der Waals surface area contributed by atoms with Crippen molar-refractivity contribution in [2.75, 3.05) is 29.9 Å². The van der Waals surface area contributed by atoms with E-state index in [2.05, 4.69) is 35.2 Å². The molecule has 37 heavy (non-hydrogen) atoms. The minimum atomic E-state index is -3.76. The van der Waals surface area contributed by atoms with Gasteiger partial charge < -0.3 is 15.4 Å². The quantitative estimate of drug-likeness (QED) is 0.345. The van der Waals surface area contributed by atoms with E-state index in [0.29, 0.717) is 17.8 Å². The molecule has 2 heterocycles. The Morgan fingerprint density at radius 2 is 2.03 bits per heavy atom. The monoisotopic (exact) mass is 551 g/mol. The second-order valence-electron chi connectivity index (χ2n) is 9.38. The van der Waals surface area contributed by atoms with Crippen LogP contribution in [0.2, 0.25) is 5.02 Å². The number of hydrogen-bond acceptors (Lipinski definition) is 8. The number of nitrogens with zero attached hydrogens (tertiary/aromatic N) is 4. The largest absolute Gasteiger partial charge is 0.453 e. The summed E-state index contributed by atoms with van der Waals surface area (Å²) in [4.78, 5) is 20.2. The highest BCUT2D eigenvalue weighted by Gasteiger charge is 2.25. The molecule has 11 nitrogen and oxygen atoms in total. The number of methoxy groups -OCH3 is 1. The van der Waals surface area contributed by atoms with E-state index in [-0.39, 0.29) is 34.0 Å². The minimum absolute atomic E-state index is 0.000622. The van der Waals surface area contributed by atoms with E-state index in [0.717, 1.165) is 6.26 Å². The van der Waals surface area contributed by atoms with Crippen LogP contribution in [-0.2, 0) is 20.2 Å². The number of aromatic nitrogens is 4. The summed E-state index contributed by atoms with van der Waals surface area (Å²) in [6.07, 6.45) is 3.62. The molecule has 0 aliphatic carbocycles. The lowest BCUT2D eigenvalue weighted by Crippen LogP contribution is -2.37. The fourth-order valence-electron chi connectivity index (χ4n) is 3.29. The first-order chi connectivity index (χ1) is 17.2. The van der Waals surface area contributed by atoms with Crippen LogP contribution in [0.1, 0.15) is 20.8 Å². The first-order valence-corrected chi connectivity index (χ1v) is 13.4. The van der Waals surface area contributed by atoms with Crippen molar-refractivity contribution in [1.82, 2.24) is 25.1 Å². The van der Waals surface area contributed by atoms with Crippen molar-refractivity contribution in [3.8, 4) is 22.5 Å². The Morgan fingerprint density at radius 1 is 1.32 bits per heavy atom. The summed E-state index contributed by atoms with van der Waals surface area (Å²) >= 11 is 6.23. The zero-order valence-corrected chi connectivity index (χ0v) is 22.8. The molecule has 1 amide bonds.